The number of ether oxygens (including phenoxy) is 2. The summed E-state index contributed by atoms with van der Waals surface area (Å²) in [5, 5.41) is 3.80. The second-order valence-corrected chi connectivity index (χ2v) is 17.4. The summed E-state index contributed by atoms with van der Waals surface area (Å²) < 4.78 is 56.7. The first kappa shape index (κ1) is 43.0. The van der Waals surface area contributed by atoms with Crippen LogP contribution in [-0.2, 0) is 50.4 Å². The summed E-state index contributed by atoms with van der Waals surface area (Å²) in [6.07, 6.45) is 4.77. The summed E-state index contributed by atoms with van der Waals surface area (Å²) in [5.74, 6) is 0.0566. The Hall–Kier alpha value is -3.18. The molecule has 0 atom stereocenters. The number of nitrogens with zero attached hydrogens (tertiary/aromatic N) is 8. The topological polar surface area (TPSA) is 146 Å². The van der Waals surface area contributed by atoms with Crippen LogP contribution in [0.15, 0.2) is 84.5 Å². The van der Waals surface area contributed by atoms with E-state index >= 15 is 0 Å². The van der Waals surface area contributed by atoms with Crippen molar-refractivity contribution in [1.29, 1.82) is 0 Å². The summed E-state index contributed by atoms with van der Waals surface area (Å²) in [6.45, 7) is 3.62. The van der Waals surface area contributed by atoms with E-state index < -0.39 is 15.9 Å². The molecule has 5 heterocycles. The number of halogens is 4. The molecule has 1 fully saturated rings. The molecule has 1 aliphatic heterocycles. The maximum absolute atomic E-state index is 14.2. The van der Waals surface area contributed by atoms with Gasteiger partial charge in [0.1, 0.15) is 20.1 Å². The van der Waals surface area contributed by atoms with Crippen molar-refractivity contribution in [2.45, 2.75) is 26.6 Å². The Morgan fingerprint density at radius 1 is 0.891 bits per heavy atom. The van der Waals surface area contributed by atoms with Gasteiger partial charge in [0.15, 0.2) is 27.1 Å². The molecule has 0 aliphatic carbocycles. The zero-order chi connectivity index (χ0) is 39.5. The van der Waals surface area contributed by atoms with Gasteiger partial charge in [0, 0.05) is 79.0 Å². The lowest BCUT2D eigenvalue weighted by Gasteiger charge is -2.34. The smallest absolute Gasteiger partial charge is 0.264 e. The molecule has 0 spiro atoms. The molecule has 0 unspecified atom stereocenters. The summed E-state index contributed by atoms with van der Waals surface area (Å²) >= 11 is 15.7. The van der Waals surface area contributed by atoms with Gasteiger partial charge in [0.25, 0.3) is 16.0 Å². The average molecular weight is 963 g/mol. The molecule has 0 bridgehead atoms. The fourth-order valence-corrected chi connectivity index (χ4v) is 8.03. The molecule has 4 aromatic heterocycles. The molecular formula is C34H36Br2ClFN8O6S3. The first-order valence-corrected chi connectivity index (χ1v) is 21.8. The minimum atomic E-state index is -3.52. The second-order valence-electron chi connectivity index (χ2n) is 11.8. The number of thiazole rings is 2. The van der Waals surface area contributed by atoms with Crippen molar-refractivity contribution in [2.24, 2.45) is 9.98 Å². The molecule has 55 heavy (non-hydrogen) atoms. The van der Waals surface area contributed by atoms with Crippen molar-refractivity contribution in [1.82, 2.24) is 28.9 Å². The lowest BCUT2D eigenvalue weighted by atomic mass is 10.1. The van der Waals surface area contributed by atoms with E-state index in [2.05, 4.69) is 51.7 Å². The van der Waals surface area contributed by atoms with Crippen LogP contribution < -0.4 is 9.60 Å². The molecule has 0 saturated carbocycles. The molecule has 21 heteroatoms. The quantitative estimate of drug-likeness (QED) is 0.131. The van der Waals surface area contributed by atoms with Crippen LogP contribution in [-0.4, -0.2) is 89.9 Å². The van der Waals surface area contributed by atoms with Gasteiger partial charge in [-0.05, 0) is 36.4 Å². The van der Waals surface area contributed by atoms with Gasteiger partial charge in [-0.1, -0.05) is 49.5 Å². The van der Waals surface area contributed by atoms with Gasteiger partial charge in [-0.25, -0.2) is 24.3 Å². The van der Waals surface area contributed by atoms with E-state index in [0.717, 1.165) is 30.5 Å². The number of hydrogen-bond donors (Lipinski definition) is 0. The van der Waals surface area contributed by atoms with Crippen LogP contribution in [0.25, 0.3) is 0 Å². The van der Waals surface area contributed by atoms with Crippen LogP contribution in [0.4, 0.5) is 16.0 Å². The third-order valence-electron chi connectivity index (χ3n) is 7.58. The van der Waals surface area contributed by atoms with Crippen molar-refractivity contribution in [3.8, 4) is 0 Å². The van der Waals surface area contributed by atoms with Crippen molar-refractivity contribution >= 4 is 93.8 Å². The zero-order valence-electron chi connectivity index (χ0n) is 29.8. The van der Waals surface area contributed by atoms with Crippen molar-refractivity contribution < 1.29 is 31.3 Å². The largest absolute Gasteiger partial charge is 0.364 e. The molecule has 6 rings (SSSR count). The second kappa shape index (κ2) is 20.3. The van der Waals surface area contributed by atoms with E-state index in [1.165, 1.54) is 34.8 Å². The predicted octanol–water partition coefficient (Wildman–Crippen LogP) is 6.31. The number of carbonyl (C=O) groups excluding carboxylic acids is 1. The number of piperazine rings is 1. The number of pyridine rings is 2. The van der Waals surface area contributed by atoms with Gasteiger partial charge in [0.05, 0.1) is 28.2 Å². The number of methoxy groups -OCH3 is 2. The van der Waals surface area contributed by atoms with E-state index in [4.69, 9.17) is 30.2 Å². The van der Waals surface area contributed by atoms with Gasteiger partial charge in [-0.2, -0.15) is 8.42 Å². The van der Waals surface area contributed by atoms with Crippen LogP contribution in [0.3, 0.4) is 0 Å². The Kier molecular flexibility index (Phi) is 15.9. The van der Waals surface area contributed by atoms with Crippen molar-refractivity contribution in [3.05, 3.63) is 112 Å². The number of hydrogen-bond acceptors (Lipinski definition) is 13. The van der Waals surface area contributed by atoms with E-state index in [1.54, 1.807) is 37.3 Å². The van der Waals surface area contributed by atoms with E-state index in [-0.39, 0.29) is 23.1 Å². The van der Waals surface area contributed by atoms with E-state index in [0.29, 0.717) is 63.5 Å². The maximum Gasteiger partial charge on any atom is 0.264 e. The van der Waals surface area contributed by atoms with Crippen LogP contribution in [0.2, 0.25) is 5.02 Å². The minimum absolute atomic E-state index is 0.00940. The minimum Gasteiger partial charge on any atom is -0.364 e. The lowest BCUT2D eigenvalue weighted by molar-refractivity contribution is 0.0622. The molecular weight excluding hydrogens is 927 g/mol. The zero-order valence-corrected chi connectivity index (χ0v) is 36.1. The van der Waals surface area contributed by atoms with E-state index in [1.807, 2.05) is 44.4 Å². The highest BCUT2D eigenvalue weighted by atomic mass is 79.9. The van der Waals surface area contributed by atoms with Crippen molar-refractivity contribution in [3.63, 3.8) is 0 Å². The van der Waals surface area contributed by atoms with E-state index in [9.17, 15) is 17.6 Å². The summed E-state index contributed by atoms with van der Waals surface area (Å²) in [4.78, 5) is 36.2. The highest BCUT2D eigenvalue weighted by molar-refractivity contribution is 9.10. The normalized spacial score (nSPS) is 14.3. The van der Waals surface area contributed by atoms with Gasteiger partial charge in [-0.3, -0.25) is 23.0 Å². The monoisotopic (exact) mass is 960 g/mol. The van der Waals surface area contributed by atoms with Crippen LogP contribution >= 0.6 is 66.1 Å². The van der Waals surface area contributed by atoms with Gasteiger partial charge in [-0.15, -0.1) is 22.7 Å². The number of benzene rings is 1. The molecule has 1 amide bonds. The molecule has 1 saturated heterocycles. The number of rotatable bonds is 12. The van der Waals surface area contributed by atoms with Crippen LogP contribution in [0.5, 0.6) is 0 Å². The molecule has 5 aromatic rings. The Balaban J connectivity index is 0.000000229. The fraction of sp³-hybridized carbons (Fsp3) is 0.324. The summed E-state index contributed by atoms with van der Waals surface area (Å²) in [6, 6.07) is 11.8. The molecule has 1 aromatic carbocycles. The summed E-state index contributed by atoms with van der Waals surface area (Å²) in [5.41, 5.74) is 1.35. The maximum atomic E-state index is 14.2. The molecule has 294 valence electrons. The first-order valence-electron chi connectivity index (χ1n) is 16.3. The van der Waals surface area contributed by atoms with Gasteiger partial charge >= 0.3 is 0 Å². The Bertz CT molecular complexity index is 2350. The third kappa shape index (κ3) is 12.9. The van der Waals surface area contributed by atoms with Gasteiger partial charge in [0.2, 0.25) is 0 Å². The lowest BCUT2D eigenvalue weighted by Crippen LogP contribution is -2.48. The van der Waals surface area contributed by atoms with Gasteiger partial charge < -0.3 is 14.4 Å². The predicted molar refractivity (Wildman–Crippen MR) is 215 cm³/mol. The Morgan fingerprint density at radius 3 is 1.98 bits per heavy atom. The number of amides is 1. The third-order valence-corrected chi connectivity index (χ3v) is 10.9. The number of carbonyl (C=O) groups is 1. The highest BCUT2D eigenvalue weighted by Gasteiger charge is 2.25. The summed E-state index contributed by atoms with van der Waals surface area (Å²) in [7, 11) is -0.271. The molecule has 14 nitrogen and oxygen atoms in total. The molecule has 0 radical (unpaired) electrons. The fourth-order valence-electron chi connectivity index (χ4n) is 5.13. The highest BCUT2D eigenvalue weighted by Crippen LogP contribution is 2.23. The van der Waals surface area contributed by atoms with Crippen LogP contribution in [0, 0.1) is 5.82 Å². The SMILES string of the molecule is COCn1ccsc1=Nc1cc(Br)cc(CN2CCN(C(=O)c3cccc(Cl)c3F)CC2)n1.COCn1ccsc1=Nc1cc(Br)cc(COS(C)(=O)=O)n1. The standard InChI is InChI=1S/C22H22BrClFN5O2S.C12H14BrN3O4S2/c1-32-14-30-9-10-33-22(30)27-19-12-15(23)11-16(26-19)13-28-5-7-29(8-6-28)21(31)17-3-2-4-18(24)20(17)25;1-19-8-16-3-4-21-12(16)15-11-6-9(13)5-10(14-11)7-20-22(2,17)18/h2-4,9-12H,5-8,13-14H2,1H3;3-6H,7-8H2,1-2H3. The van der Waals surface area contributed by atoms with Crippen molar-refractivity contribution in [2.75, 3.05) is 46.7 Å². The number of aromatic nitrogens is 4. The average Bonchev–Trinajstić information content (AvgIpc) is 3.77. The first-order chi connectivity index (χ1) is 26.3. The molecule has 1 aliphatic rings. The Morgan fingerprint density at radius 2 is 1.44 bits per heavy atom. The Labute approximate surface area is 346 Å². The molecule has 0 N–H and O–H groups in total. The van der Waals surface area contributed by atoms with Crippen LogP contribution in [0.1, 0.15) is 21.7 Å².